The Kier molecular flexibility index (Phi) is 2.71. The van der Waals surface area contributed by atoms with E-state index in [0.29, 0.717) is 6.54 Å². The van der Waals surface area contributed by atoms with Crippen LogP contribution < -0.4 is 0 Å². The third-order valence-corrected chi connectivity index (χ3v) is 5.08. The van der Waals surface area contributed by atoms with E-state index in [9.17, 15) is 8.42 Å². The van der Waals surface area contributed by atoms with Crippen LogP contribution in [0.25, 0.3) is 0 Å². The van der Waals surface area contributed by atoms with Crippen LogP contribution in [0.1, 0.15) is 24.6 Å². The zero-order valence-corrected chi connectivity index (χ0v) is 10.5. The van der Waals surface area contributed by atoms with Gasteiger partial charge in [-0.25, -0.2) is 13.4 Å². The van der Waals surface area contributed by atoms with Crippen molar-refractivity contribution in [1.82, 2.24) is 19.3 Å². The van der Waals surface area contributed by atoms with E-state index in [1.54, 1.807) is 0 Å². The molecule has 1 saturated heterocycles. The van der Waals surface area contributed by atoms with Gasteiger partial charge in [0, 0.05) is 18.4 Å². The average Bonchev–Trinajstić information content (AvgIpc) is 3.11. The number of sulfonamides is 1. The van der Waals surface area contributed by atoms with Gasteiger partial charge in [-0.2, -0.15) is 4.31 Å². The number of aromatic nitrogens is 3. The van der Waals surface area contributed by atoms with Crippen molar-refractivity contribution in [2.75, 3.05) is 6.54 Å². The Morgan fingerprint density at radius 1 is 1.39 bits per heavy atom. The lowest BCUT2D eigenvalue weighted by atomic mass is 10.2. The third kappa shape index (κ3) is 1.75. The number of nitrogens with one attached hydrogen (secondary N) is 2. The van der Waals surface area contributed by atoms with Gasteiger partial charge < -0.3 is 9.97 Å². The Balaban J connectivity index is 1.97. The second-order valence-electron chi connectivity index (χ2n) is 4.32. The maximum Gasteiger partial charge on any atom is 0.260 e. The maximum absolute atomic E-state index is 12.4. The minimum absolute atomic E-state index is 0.103. The molecule has 3 heterocycles. The van der Waals surface area contributed by atoms with Gasteiger partial charge >= 0.3 is 0 Å². The minimum Gasteiger partial charge on any atom is -0.364 e. The lowest BCUT2D eigenvalue weighted by Gasteiger charge is -2.22. The van der Waals surface area contributed by atoms with Gasteiger partial charge in [0.25, 0.3) is 10.0 Å². The molecular weight excluding hydrogens is 252 g/mol. The molecule has 0 spiro atoms. The molecule has 6 nitrogen and oxygen atoms in total. The first-order valence-electron chi connectivity index (χ1n) is 5.83. The quantitative estimate of drug-likeness (QED) is 0.877. The number of aromatic amines is 2. The van der Waals surface area contributed by atoms with Gasteiger partial charge in [-0.15, -0.1) is 0 Å². The van der Waals surface area contributed by atoms with Gasteiger partial charge in [-0.3, -0.25) is 0 Å². The molecule has 3 rings (SSSR count). The predicted octanol–water partition coefficient (Wildman–Crippen LogP) is 1.26. The van der Waals surface area contributed by atoms with Gasteiger partial charge in [-0.05, 0) is 25.0 Å². The summed E-state index contributed by atoms with van der Waals surface area (Å²) >= 11 is 0. The molecule has 0 aliphatic carbocycles. The van der Waals surface area contributed by atoms with E-state index in [1.165, 1.54) is 16.8 Å². The zero-order chi connectivity index (χ0) is 12.6. The molecule has 2 aromatic rings. The Hall–Kier alpha value is -1.60. The largest absolute Gasteiger partial charge is 0.364 e. The summed E-state index contributed by atoms with van der Waals surface area (Å²) in [5.41, 5.74) is 0.940. The van der Waals surface area contributed by atoms with Crippen LogP contribution in [0.5, 0.6) is 0 Å². The second-order valence-corrected chi connectivity index (χ2v) is 6.17. The van der Waals surface area contributed by atoms with Crippen molar-refractivity contribution < 1.29 is 8.42 Å². The first-order valence-corrected chi connectivity index (χ1v) is 7.27. The van der Waals surface area contributed by atoms with Gasteiger partial charge in [0.15, 0.2) is 5.03 Å². The zero-order valence-electron chi connectivity index (χ0n) is 9.70. The fraction of sp³-hybridized carbons (Fsp3) is 0.364. The molecule has 0 amide bonds. The van der Waals surface area contributed by atoms with E-state index in [1.807, 2.05) is 18.3 Å². The first kappa shape index (κ1) is 11.5. The Bertz CT molecular complexity index is 604. The van der Waals surface area contributed by atoms with Gasteiger partial charge in [0.2, 0.25) is 0 Å². The summed E-state index contributed by atoms with van der Waals surface area (Å²) in [4.78, 5) is 9.54. The lowest BCUT2D eigenvalue weighted by Crippen LogP contribution is -2.31. The van der Waals surface area contributed by atoms with Crippen molar-refractivity contribution >= 4 is 10.0 Å². The van der Waals surface area contributed by atoms with Crippen LogP contribution >= 0.6 is 0 Å². The standard InChI is InChI=1S/C11H14N4O2S/c16-18(17,11-7-12-8-14-11)15-6-2-4-10(15)9-3-1-5-13-9/h1,3,5,7-8,10,13H,2,4,6H2,(H,12,14). The highest BCUT2D eigenvalue weighted by molar-refractivity contribution is 7.89. The highest BCUT2D eigenvalue weighted by atomic mass is 32.2. The van der Waals surface area contributed by atoms with E-state index < -0.39 is 10.0 Å². The van der Waals surface area contributed by atoms with E-state index >= 15 is 0 Å². The summed E-state index contributed by atoms with van der Waals surface area (Å²) in [5.74, 6) is 0. The summed E-state index contributed by atoms with van der Waals surface area (Å²) in [5, 5.41) is 0.154. The summed E-state index contributed by atoms with van der Waals surface area (Å²) in [6.45, 7) is 0.547. The molecule has 0 saturated carbocycles. The SMILES string of the molecule is O=S(=O)(c1cnc[nH]1)N1CCCC1c1ccc[nH]1. The highest BCUT2D eigenvalue weighted by Crippen LogP contribution is 2.35. The van der Waals surface area contributed by atoms with Gasteiger partial charge in [0.1, 0.15) is 0 Å². The second kappa shape index (κ2) is 4.25. The molecule has 2 N–H and O–H groups in total. The number of H-pyrrole nitrogens is 2. The van der Waals surface area contributed by atoms with Crippen molar-refractivity contribution in [2.45, 2.75) is 23.9 Å². The predicted molar refractivity (Wildman–Crippen MR) is 65.2 cm³/mol. The minimum atomic E-state index is -3.48. The lowest BCUT2D eigenvalue weighted by molar-refractivity contribution is 0.390. The third-order valence-electron chi connectivity index (χ3n) is 3.24. The molecule has 1 atom stereocenters. The number of imidazole rings is 1. The van der Waals surface area contributed by atoms with E-state index in [-0.39, 0.29) is 11.1 Å². The monoisotopic (exact) mass is 266 g/mol. The molecule has 0 radical (unpaired) electrons. The van der Waals surface area contributed by atoms with E-state index in [0.717, 1.165) is 18.5 Å². The fourth-order valence-corrected chi connectivity index (χ4v) is 3.97. The van der Waals surface area contributed by atoms with Crippen molar-refractivity contribution in [1.29, 1.82) is 0 Å². The van der Waals surface area contributed by atoms with Crippen molar-refractivity contribution in [3.63, 3.8) is 0 Å². The molecule has 96 valence electrons. The first-order chi connectivity index (χ1) is 8.69. The molecule has 1 aliphatic heterocycles. The molecule has 2 aromatic heterocycles. The van der Waals surface area contributed by atoms with Crippen LogP contribution in [0, 0.1) is 0 Å². The normalized spacial score (nSPS) is 21.4. The van der Waals surface area contributed by atoms with Crippen LogP contribution in [0.2, 0.25) is 0 Å². The number of nitrogens with zero attached hydrogens (tertiary/aromatic N) is 2. The summed E-state index contributed by atoms with van der Waals surface area (Å²) in [6, 6.07) is 3.70. The van der Waals surface area contributed by atoms with Crippen molar-refractivity contribution in [2.24, 2.45) is 0 Å². The summed E-state index contributed by atoms with van der Waals surface area (Å²) in [6.07, 6.45) is 6.26. The molecule has 1 aliphatic rings. The van der Waals surface area contributed by atoms with Crippen LogP contribution in [0.15, 0.2) is 35.9 Å². The average molecular weight is 266 g/mol. The van der Waals surface area contributed by atoms with E-state index in [2.05, 4.69) is 15.0 Å². The number of rotatable bonds is 3. The number of hydrogen-bond donors (Lipinski definition) is 2. The van der Waals surface area contributed by atoms with Crippen LogP contribution in [-0.4, -0.2) is 34.2 Å². The van der Waals surface area contributed by atoms with Crippen LogP contribution in [0.3, 0.4) is 0 Å². The van der Waals surface area contributed by atoms with Crippen LogP contribution in [-0.2, 0) is 10.0 Å². The summed E-state index contributed by atoms with van der Waals surface area (Å²) in [7, 11) is -3.48. The molecule has 1 fully saturated rings. The Morgan fingerprint density at radius 2 is 2.28 bits per heavy atom. The molecule has 0 aromatic carbocycles. The molecule has 1 unspecified atom stereocenters. The molecule has 18 heavy (non-hydrogen) atoms. The fourth-order valence-electron chi connectivity index (χ4n) is 2.40. The topological polar surface area (TPSA) is 81.8 Å². The van der Waals surface area contributed by atoms with Crippen LogP contribution in [0.4, 0.5) is 0 Å². The Morgan fingerprint density at radius 3 is 2.94 bits per heavy atom. The maximum atomic E-state index is 12.4. The Labute approximate surface area is 105 Å². The number of hydrogen-bond acceptors (Lipinski definition) is 3. The molecule has 7 heteroatoms. The van der Waals surface area contributed by atoms with Gasteiger partial charge in [0.05, 0.1) is 18.6 Å². The molecular formula is C11H14N4O2S. The van der Waals surface area contributed by atoms with Crippen molar-refractivity contribution in [3.05, 3.63) is 36.5 Å². The smallest absolute Gasteiger partial charge is 0.260 e. The van der Waals surface area contributed by atoms with Gasteiger partial charge in [-0.1, -0.05) is 0 Å². The van der Waals surface area contributed by atoms with Crippen molar-refractivity contribution in [3.8, 4) is 0 Å². The highest BCUT2D eigenvalue weighted by Gasteiger charge is 2.37. The molecule has 0 bridgehead atoms. The summed E-state index contributed by atoms with van der Waals surface area (Å²) < 4.78 is 26.4. The van der Waals surface area contributed by atoms with E-state index in [4.69, 9.17) is 0 Å².